The van der Waals surface area contributed by atoms with Gasteiger partial charge in [0.1, 0.15) is 0 Å². The van der Waals surface area contributed by atoms with Crippen LogP contribution < -0.4 is 10.2 Å². The van der Waals surface area contributed by atoms with Gasteiger partial charge in [-0.25, -0.2) is 9.97 Å². The summed E-state index contributed by atoms with van der Waals surface area (Å²) in [6.07, 6.45) is 7.89. The Morgan fingerprint density at radius 3 is 2.43 bits per heavy atom. The number of anilines is 1. The van der Waals surface area contributed by atoms with Crippen LogP contribution in [0.4, 0.5) is 5.95 Å². The van der Waals surface area contributed by atoms with E-state index >= 15 is 0 Å². The number of rotatable bonds is 5. The average Bonchev–Trinajstić information content (AvgIpc) is 3.18. The van der Waals surface area contributed by atoms with Gasteiger partial charge in [-0.1, -0.05) is 13.8 Å². The summed E-state index contributed by atoms with van der Waals surface area (Å²) < 4.78 is 0. The van der Waals surface area contributed by atoms with E-state index in [0.29, 0.717) is 12.0 Å². The molecule has 0 aliphatic carbocycles. The summed E-state index contributed by atoms with van der Waals surface area (Å²) in [5, 5.41) is 3.52. The van der Waals surface area contributed by atoms with Crippen LogP contribution >= 0.6 is 0 Å². The third-order valence-electron chi connectivity index (χ3n) is 7.10. The second kappa shape index (κ2) is 9.08. The Kier molecular flexibility index (Phi) is 6.52. The predicted molar refractivity (Wildman–Crippen MR) is 116 cm³/mol. The molecule has 3 saturated heterocycles. The molecule has 4 heterocycles. The fraction of sp³-hybridized carbons (Fsp3) is 0.826. The zero-order chi connectivity index (χ0) is 19.5. The Morgan fingerprint density at radius 2 is 1.71 bits per heavy atom. The van der Waals surface area contributed by atoms with Crippen molar-refractivity contribution >= 4 is 5.95 Å². The lowest BCUT2D eigenvalue weighted by molar-refractivity contribution is 0.104. The highest BCUT2D eigenvalue weighted by atomic mass is 15.3. The van der Waals surface area contributed by atoms with Gasteiger partial charge in [-0.05, 0) is 95.4 Å². The predicted octanol–water partition coefficient (Wildman–Crippen LogP) is 3.27. The lowest BCUT2D eigenvalue weighted by atomic mass is 9.79. The van der Waals surface area contributed by atoms with Crippen LogP contribution in [0.15, 0.2) is 6.07 Å². The molecule has 1 aromatic heterocycles. The third kappa shape index (κ3) is 4.85. The minimum atomic E-state index is 0.634. The topological polar surface area (TPSA) is 44.3 Å². The monoisotopic (exact) mass is 385 g/mol. The molecule has 1 aromatic rings. The summed E-state index contributed by atoms with van der Waals surface area (Å²) in [6.45, 7) is 13.9. The molecule has 3 aliphatic rings. The van der Waals surface area contributed by atoms with E-state index in [-0.39, 0.29) is 0 Å². The van der Waals surface area contributed by atoms with E-state index in [2.05, 4.69) is 42.0 Å². The number of likely N-dealkylation sites (tertiary alicyclic amines) is 1. The Hall–Kier alpha value is -1.20. The highest BCUT2D eigenvalue weighted by Gasteiger charge is 2.34. The Labute approximate surface area is 171 Å². The second-order valence-electron chi connectivity index (χ2n) is 9.75. The van der Waals surface area contributed by atoms with E-state index in [1.54, 1.807) is 0 Å². The van der Waals surface area contributed by atoms with E-state index in [1.807, 2.05) is 0 Å². The van der Waals surface area contributed by atoms with Crippen LogP contribution in [0.3, 0.4) is 0 Å². The van der Waals surface area contributed by atoms with Gasteiger partial charge in [-0.15, -0.1) is 0 Å². The van der Waals surface area contributed by atoms with Gasteiger partial charge in [0.25, 0.3) is 0 Å². The van der Waals surface area contributed by atoms with Crippen LogP contribution in [0.1, 0.15) is 57.3 Å². The molecule has 3 fully saturated rings. The normalized spacial score (nSPS) is 25.7. The van der Waals surface area contributed by atoms with Crippen molar-refractivity contribution in [2.45, 2.75) is 65.3 Å². The van der Waals surface area contributed by atoms with Crippen molar-refractivity contribution in [1.82, 2.24) is 20.2 Å². The van der Waals surface area contributed by atoms with Crippen LogP contribution in [0, 0.1) is 24.7 Å². The number of hydrogen-bond donors (Lipinski definition) is 1. The SMILES string of the molecule is Cc1cc(CC(C)C)nc(N2CCC(N3CCC(C4CCNCC4)CC3)C2)n1. The average molecular weight is 386 g/mol. The second-order valence-corrected chi connectivity index (χ2v) is 9.75. The van der Waals surface area contributed by atoms with Crippen molar-refractivity contribution in [2.24, 2.45) is 17.8 Å². The summed E-state index contributed by atoms with van der Waals surface area (Å²) in [6, 6.07) is 2.84. The highest BCUT2D eigenvalue weighted by molar-refractivity contribution is 5.34. The molecule has 1 unspecified atom stereocenters. The molecule has 0 bridgehead atoms. The standard InChI is InChI=1S/C23H39N5/c1-17(2)14-21-15-18(3)25-23(26-21)28-13-8-22(16-28)27-11-6-20(7-12-27)19-4-9-24-10-5-19/h15,17,19-20,22,24H,4-14,16H2,1-3H3. The zero-order valence-electron chi connectivity index (χ0n) is 18.2. The van der Waals surface area contributed by atoms with Gasteiger partial charge in [-0.3, -0.25) is 4.90 Å². The van der Waals surface area contributed by atoms with Gasteiger partial charge in [-0.2, -0.15) is 0 Å². The molecule has 4 rings (SSSR count). The summed E-state index contributed by atoms with van der Waals surface area (Å²) in [4.78, 5) is 14.9. The smallest absolute Gasteiger partial charge is 0.225 e. The molecule has 156 valence electrons. The molecule has 0 amide bonds. The molecular weight excluding hydrogens is 346 g/mol. The first-order valence-corrected chi connectivity index (χ1v) is 11.6. The van der Waals surface area contributed by atoms with Crippen molar-refractivity contribution in [3.8, 4) is 0 Å². The first kappa shape index (κ1) is 20.1. The van der Waals surface area contributed by atoms with Gasteiger partial charge in [0.15, 0.2) is 0 Å². The number of nitrogens with one attached hydrogen (secondary N) is 1. The van der Waals surface area contributed by atoms with Gasteiger partial charge in [0, 0.05) is 30.5 Å². The first-order valence-electron chi connectivity index (χ1n) is 11.6. The molecule has 0 spiro atoms. The molecule has 5 nitrogen and oxygen atoms in total. The number of piperidine rings is 2. The van der Waals surface area contributed by atoms with Gasteiger partial charge in [0.05, 0.1) is 0 Å². The summed E-state index contributed by atoms with van der Waals surface area (Å²) in [7, 11) is 0. The third-order valence-corrected chi connectivity index (χ3v) is 7.10. The van der Waals surface area contributed by atoms with E-state index in [4.69, 9.17) is 9.97 Å². The largest absolute Gasteiger partial charge is 0.339 e. The number of aryl methyl sites for hydroxylation is 1. The van der Waals surface area contributed by atoms with E-state index in [9.17, 15) is 0 Å². The number of hydrogen-bond acceptors (Lipinski definition) is 5. The maximum absolute atomic E-state index is 4.90. The highest BCUT2D eigenvalue weighted by Crippen LogP contribution is 2.32. The summed E-state index contributed by atoms with van der Waals surface area (Å²) >= 11 is 0. The van der Waals surface area contributed by atoms with Crippen LogP contribution in [0.5, 0.6) is 0 Å². The van der Waals surface area contributed by atoms with E-state index in [0.717, 1.165) is 43.0 Å². The van der Waals surface area contributed by atoms with E-state index < -0.39 is 0 Å². The number of aromatic nitrogens is 2. The Balaban J connectivity index is 1.31. The number of nitrogens with zero attached hydrogens (tertiary/aromatic N) is 4. The van der Waals surface area contributed by atoms with E-state index in [1.165, 1.54) is 64.0 Å². The van der Waals surface area contributed by atoms with Crippen molar-refractivity contribution in [1.29, 1.82) is 0 Å². The van der Waals surface area contributed by atoms with Crippen molar-refractivity contribution in [2.75, 3.05) is 44.2 Å². The van der Waals surface area contributed by atoms with Gasteiger partial charge >= 0.3 is 0 Å². The molecule has 1 N–H and O–H groups in total. The molecular formula is C23H39N5. The lowest BCUT2D eigenvalue weighted by Gasteiger charge is -2.40. The van der Waals surface area contributed by atoms with Gasteiger partial charge < -0.3 is 10.2 Å². The van der Waals surface area contributed by atoms with Crippen molar-refractivity contribution in [3.05, 3.63) is 17.5 Å². The Morgan fingerprint density at radius 1 is 1.00 bits per heavy atom. The zero-order valence-corrected chi connectivity index (χ0v) is 18.2. The van der Waals surface area contributed by atoms with Gasteiger partial charge in [0.2, 0.25) is 5.95 Å². The van der Waals surface area contributed by atoms with Crippen LogP contribution in [-0.4, -0.2) is 60.2 Å². The summed E-state index contributed by atoms with van der Waals surface area (Å²) in [5.41, 5.74) is 2.30. The fourth-order valence-electron chi connectivity index (χ4n) is 5.57. The minimum Gasteiger partial charge on any atom is -0.339 e. The molecule has 1 atom stereocenters. The Bertz CT molecular complexity index is 632. The maximum atomic E-state index is 4.90. The molecule has 0 radical (unpaired) electrons. The minimum absolute atomic E-state index is 0.634. The van der Waals surface area contributed by atoms with Crippen LogP contribution in [0.25, 0.3) is 0 Å². The summed E-state index contributed by atoms with van der Waals surface area (Å²) in [5.74, 6) is 3.54. The molecule has 0 saturated carbocycles. The molecule has 3 aliphatic heterocycles. The van der Waals surface area contributed by atoms with Crippen LogP contribution in [0.2, 0.25) is 0 Å². The first-order chi connectivity index (χ1) is 13.6. The quantitative estimate of drug-likeness (QED) is 0.843. The molecule has 0 aromatic carbocycles. The van der Waals surface area contributed by atoms with Crippen LogP contribution in [-0.2, 0) is 6.42 Å². The molecule has 5 heteroatoms. The fourth-order valence-corrected chi connectivity index (χ4v) is 5.57. The molecule has 28 heavy (non-hydrogen) atoms. The van der Waals surface area contributed by atoms with Crippen molar-refractivity contribution < 1.29 is 0 Å². The van der Waals surface area contributed by atoms with Crippen molar-refractivity contribution in [3.63, 3.8) is 0 Å². The lowest BCUT2D eigenvalue weighted by Crippen LogP contribution is -2.45. The maximum Gasteiger partial charge on any atom is 0.225 e.